The molecule has 29 heavy (non-hydrogen) atoms. The van der Waals surface area contributed by atoms with Gasteiger partial charge in [0.1, 0.15) is 5.82 Å². The number of carbonyl (C=O) groups is 2. The van der Waals surface area contributed by atoms with Crippen LogP contribution >= 0.6 is 11.3 Å². The van der Waals surface area contributed by atoms with Crippen molar-refractivity contribution in [2.75, 3.05) is 33.7 Å². The molecule has 2 amide bonds. The molecule has 2 aromatic rings. The van der Waals surface area contributed by atoms with Crippen molar-refractivity contribution >= 4 is 23.2 Å². The number of thiophene rings is 1. The average molecular weight is 418 g/mol. The Labute approximate surface area is 175 Å². The van der Waals surface area contributed by atoms with Gasteiger partial charge in [0.05, 0.1) is 18.4 Å². The van der Waals surface area contributed by atoms with Crippen LogP contribution in [0.15, 0.2) is 41.8 Å². The maximum absolute atomic E-state index is 13.0. The summed E-state index contributed by atoms with van der Waals surface area (Å²) in [5.41, 5.74) is 0.785. The summed E-state index contributed by atoms with van der Waals surface area (Å²) >= 11 is 1.68. The van der Waals surface area contributed by atoms with Gasteiger partial charge in [0.15, 0.2) is 0 Å². The SMILES string of the molecule is CN(C)[C@H](CNC(=O)[C@H]1CCCN(C(=O)Cc2ccc(F)cc2)C1)c1cccs1. The van der Waals surface area contributed by atoms with Crippen molar-refractivity contribution < 1.29 is 14.0 Å². The molecule has 1 aromatic heterocycles. The number of nitrogens with one attached hydrogen (secondary N) is 1. The third kappa shape index (κ3) is 5.87. The van der Waals surface area contributed by atoms with Crippen LogP contribution in [0, 0.1) is 11.7 Å². The summed E-state index contributed by atoms with van der Waals surface area (Å²) in [5.74, 6) is -0.506. The van der Waals surface area contributed by atoms with Crippen LogP contribution in [0.25, 0.3) is 0 Å². The van der Waals surface area contributed by atoms with Gasteiger partial charge in [-0.05, 0) is 56.1 Å². The van der Waals surface area contributed by atoms with Crippen LogP contribution in [0.2, 0.25) is 0 Å². The van der Waals surface area contributed by atoms with E-state index in [-0.39, 0.29) is 36.0 Å². The number of amides is 2. The lowest BCUT2D eigenvalue weighted by atomic mass is 9.96. The molecule has 0 bridgehead atoms. The predicted octanol–water partition coefficient (Wildman–Crippen LogP) is 3.09. The maximum atomic E-state index is 13.0. The van der Waals surface area contributed by atoms with Crippen molar-refractivity contribution in [3.8, 4) is 0 Å². The Kier molecular flexibility index (Phi) is 7.39. The van der Waals surface area contributed by atoms with Crippen molar-refractivity contribution in [1.29, 1.82) is 0 Å². The van der Waals surface area contributed by atoms with Gasteiger partial charge in [0, 0.05) is 24.5 Å². The highest BCUT2D eigenvalue weighted by molar-refractivity contribution is 7.10. The number of benzene rings is 1. The summed E-state index contributed by atoms with van der Waals surface area (Å²) in [5, 5.41) is 5.12. The second-order valence-electron chi connectivity index (χ2n) is 7.72. The molecule has 5 nitrogen and oxygen atoms in total. The molecule has 0 aliphatic carbocycles. The summed E-state index contributed by atoms with van der Waals surface area (Å²) in [7, 11) is 4.01. The van der Waals surface area contributed by atoms with Crippen LogP contribution in [0.4, 0.5) is 4.39 Å². The molecule has 1 N–H and O–H groups in total. The molecule has 0 spiro atoms. The first-order valence-corrected chi connectivity index (χ1v) is 10.8. The molecule has 1 fully saturated rings. The Morgan fingerprint density at radius 1 is 1.28 bits per heavy atom. The highest BCUT2D eigenvalue weighted by Crippen LogP contribution is 2.23. The van der Waals surface area contributed by atoms with Crippen LogP contribution in [-0.2, 0) is 16.0 Å². The van der Waals surface area contributed by atoms with Gasteiger partial charge in [-0.1, -0.05) is 18.2 Å². The third-order valence-corrected chi connectivity index (χ3v) is 6.35. The predicted molar refractivity (Wildman–Crippen MR) is 113 cm³/mol. The van der Waals surface area contributed by atoms with Crippen molar-refractivity contribution in [1.82, 2.24) is 15.1 Å². The third-order valence-electron chi connectivity index (χ3n) is 5.38. The number of hydrogen-bond acceptors (Lipinski definition) is 4. The normalized spacial score (nSPS) is 17.9. The smallest absolute Gasteiger partial charge is 0.227 e. The van der Waals surface area contributed by atoms with Crippen molar-refractivity contribution in [2.24, 2.45) is 5.92 Å². The first-order chi connectivity index (χ1) is 13.9. The van der Waals surface area contributed by atoms with E-state index in [2.05, 4.69) is 16.3 Å². The van der Waals surface area contributed by atoms with Crippen LogP contribution in [0.3, 0.4) is 0 Å². The molecule has 1 aliphatic heterocycles. The Morgan fingerprint density at radius 2 is 2.03 bits per heavy atom. The van der Waals surface area contributed by atoms with E-state index in [1.54, 1.807) is 28.4 Å². The number of likely N-dealkylation sites (tertiary alicyclic amines) is 1. The number of halogens is 1. The largest absolute Gasteiger partial charge is 0.354 e. The fourth-order valence-electron chi connectivity index (χ4n) is 3.67. The van der Waals surface area contributed by atoms with Crippen LogP contribution in [0.1, 0.15) is 29.3 Å². The molecule has 7 heteroatoms. The zero-order chi connectivity index (χ0) is 20.8. The lowest BCUT2D eigenvalue weighted by molar-refractivity contribution is -0.135. The molecule has 0 unspecified atom stereocenters. The second-order valence-corrected chi connectivity index (χ2v) is 8.70. The summed E-state index contributed by atoms with van der Waals surface area (Å²) in [6.07, 6.45) is 1.84. The zero-order valence-electron chi connectivity index (χ0n) is 16.9. The van der Waals surface area contributed by atoms with E-state index in [0.29, 0.717) is 19.6 Å². The highest BCUT2D eigenvalue weighted by Gasteiger charge is 2.29. The van der Waals surface area contributed by atoms with Gasteiger partial charge in [-0.15, -0.1) is 11.3 Å². The molecule has 2 heterocycles. The highest BCUT2D eigenvalue weighted by atomic mass is 32.1. The molecular formula is C22H28FN3O2S. The number of hydrogen-bond donors (Lipinski definition) is 1. The number of piperidine rings is 1. The lowest BCUT2D eigenvalue weighted by Crippen LogP contribution is -2.47. The van der Waals surface area contributed by atoms with Gasteiger partial charge < -0.3 is 15.1 Å². The van der Waals surface area contributed by atoms with E-state index in [9.17, 15) is 14.0 Å². The number of nitrogens with zero attached hydrogens (tertiary/aromatic N) is 2. The van der Waals surface area contributed by atoms with Gasteiger partial charge >= 0.3 is 0 Å². The van der Waals surface area contributed by atoms with Gasteiger partial charge in [-0.25, -0.2) is 4.39 Å². The monoisotopic (exact) mass is 417 g/mol. The molecule has 1 aromatic carbocycles. The summed E-state index contributed by atoms with van der Waals surface area (Å²) in [4.78, 5) is 30.5. The molecule has 0 radical (unpaired) electrons. The molecule has 1 aliphatic rings. The molecule has 3 rings (SSSR count). The van der Waals surface area contributed by atoms with E-state index in [1.807, 2.05) is 25.5 Å². The molecule has 156 valence electrons. The fourth-order valence-corrected chi connectivity index (χ4v) is 4.59. The summed E-state index contributed by atoms with van der Waals surface area (Å²) < 4.78 is 13.0. The standard InChI is InChI=1S/C22H28FN3O2S/c1-25(2)19(20-6-4-12-29-20)14-24-22(28)17-5-3-11-26(15-17)21(27)13-16-7-9-18(23)10-8-16/h4,6-10,12,17,19H,3,5,11,13-15H2,1-2H3,(H,24,28)/t17-,19+/m0/s1. The van der Waals surface area contributed by atoms with Gasteiger partial charge in [-0.2, -0.15) is 0 Å². The number of likely N-dealkylation sites (N-methyl/N-ethyl adjacent to an activating group) is 1. The maximum Gasteiger partial charge on any atom is 0.227 e. The van der Waals surface area contributed by atoms with Gasteiger partial charge in [0.25, 0.3) is 0 Å². The van der Waals surface area contributed by atoms with Crippen molar-refractivity contribution in [3.05, 3.63) is 58.0 Å². The Balaban J connectivity index is 1.53. The number of carbonyl (C=O) groups excluding carboxylic acids is 2. The number of rotatable bonds is 7. The van der Waals surface area contributed by atoms with Crippen LogP contribution in [0.5, 0.6) is 0 Å². The van der Waals surface area contributed by atoms with Crippen LogP contribution in [-0.4, -0.2) is 55.3 Å². The van der Waals surface area contributed by atoms with E-state index >= 15 is 0 Å². The second kappa shape index (κ2) is 9.98. The van der Waals surface area contributed by atoms with E-state index in [4.69, 9.17) is 0 Å². The quantitative estimate of drug-likeness (QED) is 0.753. The molecule has 0 saturated carbocycles. The minimum atomic E-state index is -0.311. The fraction of sp³-hybridized carbons (Fsp3) is 0.455. The topological polar surface area (TPSA) is 52.7 Å². The Hall–Kier alpha value is -2.25. The van der Waals surface area contributed by atoms with Gasteiger partial charge in [0.2, 0.25) is 11.8 Å². The minimum Gasteiger partial charge on any atom is -0.354 e. The van der Waals surface area contributed by atoms with E-state index in [1.165, 1.54) is 17.0 Å². The van der Waals surface area contributed by atoms with Crippen molar-refractivity contribution in [3.63, 3.8) is 0 Å². The Morgan fingerprint density at radius 3 is 2.69 bits per heavy atom. The van der Waals surface area contributed by atoms with Crippen LogP contribution < -0.4 is 5.32 Å². The molecular weight excluding hydrogens is 389 g/mol. The first kappa shape index (κ1) is 21.5. The molecule has 1 saturated heterocycles. The lowest BCUT2D eigenvalue weighted by Gasteiger charge is -2.33. The average Bonchev–Trinajstić information content (AvgIpc) is 3.24. The summed E-state index contributed by atoms with van der Waals surface area (Å²) in [6, 6.07) is 10.2. The van der Waals surface area contributed by atoms with E-state index < -0.39 is 0 Å². The van der Waals surface area contributed by atoms with E-state index in [0.717, 1.165) is 18.4 Å². The first-order valence-electron chi connectivity index (χ1n) is 9.94. The van der Waals surface area contributed by atoms with Crippen molar-refractivity contribution in [2.45, 2.75) is 25.3 Å². The zero-order valence-corrected chi connectivity index (χ0v) is 17.8. The molecule has 2 atom stereocenters. The minimum absolute atomic E-state index is 0.00712. The van der Waals surface area contributed by atoms with Gasteiger partial charge in [-0.3, -0.25) is 9.59 Å². The summed E-state index contributed by atoms with van der Waals surface area (Å²) in [6.45, 7) is 1.66. The Bertz CT molecular complexity index is 808.